The van der Waals surface area contributed by atoms with E-state index in [0.717, 1.165) is 39.4 Å². The molecule has 0 radical (unpaired) electrons. The fourth-order valence-electron chi connectivity index (χ4n) is 3.47. The Bertz CT molecular complexity index is 1150. The van der Waals surface area contributed by atoms with Crippen LogP contribution in [0.4, 0.5) is 10.5 Å². The molecule has 0 bridgehead atoms. The molecule has 0 saturated carbocycles. The standard InChI is InChI=1S/C24H24N4O2/c1-17-26-22-16-19(10-13-23(22)28(17)21-6-4-3-5-7-21)18-8-11-20(12-9-18)27-24(29)25-14-15-30-2/h3-13,16H,14-15H2,1-2H3,(H2,25,27,29). The second-order valence-corrected chi connectivity index (χ2v) is 6.98. The van der Waals surface area contributed by atoms with Gasteiger partial charge in [-0.25, -0.2) is 9.78 Å². The van der Waals surface area contributed by atoms with Crippen LogP contribution in [0.25, 0.3) is 27.8 Å². The lowest BCUT2D eigenvalue weighted by Crippen LogP contribution is -2.31. The minimum atomic E-state index is -0.247. The van der Waals surface area contributed by atoms with Crippen molar-refractivity contribution in [2.45, 2.75) is 6.92 Å². The quantitative estimate of drug-likeness (QED) is 0.458. The first kappa shape index (κ1) is 19.7. The molecule has 6 nitrogen and oxygen atoms in total. The van der Waals surface area contributed by atoms with E-state index in [1.807, 2.05) is 49.4 Å². The number of hydrogen-bond acceptors (Lipinski definition) is 3. The highest BCUT2D eigenvalue weighted by molar-refractivity contribution is 5.90. The van der Waals surface area contributed by atoms with E-state index in [1.165, 1.54) is 0 Å². The zero-order valence-electron chi connectivity index (χ0n) is 17.1. The van der Waals surface area contributed by atoms with Crippen LogP contribution in [0.2, 0.25) is 0 Å². The number of aryl methyl sites for hydroxylation is 1. The molecule has 0 atom stereocenters. The van der Waals surface area contributed by atoms with Crippen LogP contribution in [0.3, 0.4) is 0 Å². The van der Waals surface area contributed by atoms with Crippen molar-refractivity contribution in [2.24, 2.45) is 0 Å². The van der Waals surface area contributed by atoms with Crippen molar-refractivity contribution in [2.75, 3.05) is 25.6 Å². The lowest BCUT2D eigenvalue weighted by atomic mass is 10.0. The third kappa shape index (κ3) is 4.18. The highest BCUT2D eigenvalue weighted by Crippen LogP contribution is 2.27. The lowest BCUT2D eigenvalue weighted by molar-refractivity contribution is 0.198. The first-order valence-corrected chi connectivity index (χ1v) is 9.84. The van der Waals surface area contributed by atoms with Gasteiger partial charge in [-0.2, -0.15) is 0 Å². The number of nitrogens with one attached hydrogen (secondary N) is 2. The van der Waals surface area contributed by atoms with Gasteiger partial charge in [0.05, 0.1) is 17.6 Å². The normalized spacial score (nSPS) is 10.9. The Hall–Kier alpha value is -3.64. The van der Waals surface area contributed by atoms with Gasteiger partial charge in [0.1, 0.15) is 5.82 Å². The maximum Gasteiger partial charge on any atom is 0.319 e. The third-order valence-corrected chi connectivity index (χ3v) is 4.90. The number of carbonyl (C=O) groups is 1. The zero-order chi connectivity index (χ0) is 20.9. The molecule has 30 heavy (non-hydrogen) atoms. The van der Waals surface area contributed by atoms with Crippen molar-refractivity contribution in [3.63, 3.8) is 0 Å². The van der Waals surface area contributed by atoms with E-state index in [0.29, 0.717) is 13.2 Å². The van der Waals surface area contributed by atoms with Gasteiger partial charge in [0.15, 0.2) is 0 Å². The third-order valence-electron chi connectivity index (χ3n) is 4.90. The molecule has 6 heteroatoms. The number of para-hydroxylation sites is 1. The molecular weight excluding hydrogens is 376 g/mol. The van der Waals surface area contributed by atoms with E-state index in [2.05, 4.69) is 45.5 Å². The fraction of sp³-hybridized carbons (Fsp3) is 0.167. The molecule has 0 unspecified atom stereocenters. The molecule has 0 aliphatic carbocycles. The largest absolute Gasteiger partial charge is 0.383 e. The van der Waals surface area contributed by atoms with Crippen molar-refractivity contribution >= 4 is 22.8 Å². The summed E-state index contributed by atoms with van der Waals surface area (Å²) in [5, 5.41) is 5.55. The topological polar surface area (TPSA) is 68.2 Å². The van der Waals surface area contributed by atoms with Crippen LogP contribution in [-0.2, 0) is 4.74 Å². The molecule has 2 N–H and O–H groups in total. The molecular formula is C24H24N4O2. The number of hydrogen-bond donors (Lipinski definition) is 2. The number of rotatable bonds is 6. The molecule has 0 saturated heterocycles. The smallest absolute Gasteiger partial charge is 0.319 e. The van der Waals surface area contributed by atoms with E-state index in [9.17, 15) is 4.79 Å². The summed E-state index contributed by atoms with van der Waals surface area (Å²) < 4.78 is 7.08. The predicted octanol–water partition coefficient (Wildman–Crippen LogP) is 4.77. The van der Waals surface area contributed by atoms with Crippen LogP contribution in [0.5, 0.6) is 0 Å². The summed E-state index contributed by atoms with van der Waals surface area (Å²) in [7, 11) is 1.60. The number of nitrogens with zero attached hydrogens (tertiary/aromatic N) is 2. The highest BCUT2D eigenvalue weighted by atomic mass is 16.5. The molecule has 4 rings (SSSR count). The summed E-state index contributed by atoms with van der Waals surface area (Å²) in [4.78, 5) is 16.6. The second-order valence-electron chi connectivity index (χ2n) is 6.98. The second kappa shape index (κ2) is 8.80. The Morgan fingerprint density at radius 2 is 1.73 bits per heavy atom. The molecule has 0 aliphatic heterocycles. The Morgan fingerprint density at radius 1 is 1.00 bits per heavy atom. The number of anilines is 1. The first-order chi connectivity index (χ1) is 14.7. The van der Waals surface area contributed by atoms with E-state index in [-0.39, 0.29) is 6.03 Å². The van der Waals surface area contributed by atoms with Gasteiger partial charge in [-0.15, -0.1) is 0 Å². The van der Waals surface area contributed by atoms with Crippen LogP contribution < -0.4 is 10.6 Å². The molecule has 1 heterocycles. The SMILES string of the molecule is COCCNC(=O)Nc1ccc(-c2ccc3c(c2)nc(C)n3-c2ccccc2)cc1. The van der Waals surface area contributed by atoms with Crippen molar-refractivity contribution in [1.82, 2.24) is 14.9 Å². The van der Waals surface area contributed by atoms with Crippen LogP contribution in [0.15, 0.2) is 72.8 Å². The van der Waals surface area contributed by atoms with Gasteiger partial charge in [0.2, 0.25) is 0 Å². The Morgan fingerprint density at radius 3 is 2.47 bits per heavy atom. The number of ether oxygens (including phenoxy) is 1. The van der Waals surface area contributed by atoms with Crippen LogP contribution in [-0.4, -0.2) is 35.8 Å². The minimum absolute atomic E-state index is 0.247. The molecule has 0 fully saturated rings. The molecule has 152 valence electrons. The average Bonchev–Trinajstić information content (AvgIpc) is 3.10. The Balaban J connectivity index is 1.55. The summed E-state index contributed by atoms with van der Waals surface area (Å²) in [6, 6.07) is 24.1. The van der Waals surface area contributed by atoms with E-state index >= 15 is 0 Å². The fourth-order valence-corrected chi connectivity index (χ4v) is 3.47. The van der Waals surface area contributed by atoms with Crippen molar-refractivity contribution in [1.29, 1.82) is 0 Å². The Kier molecular flexibility index (Phi) is 5.77. The zero-order valence-corrected chi connectivity index (χ0v) is 17.1. The van der Waals surface area contributed by atoms with Crippen molar-refractivity contribution < 1.29 is 9.53 Å². The number of urea groups is 1. The van der Waals surface area contributed by atoms with E-state index in [1.54, 1.807) is 7.11 Å². The van der Waals surface area contributed by atoms with Gasteiger partial charge >= 0.3 is 6.03 Å². The summed E-state index contributed by atoms with van der Waals surface area (Å²) in [5.74, 6) is 0.951. The van der Waals surface area contributed by atoms with E-state index in [4.69, 9.17) is 9.72 Å². The average molecular weight is 400 g/mol. The van der Waals surface area contributed by atoms with Crippen LogP contribution >= 0.6 is 0 Å². The number of fused-ring (bicyclic) bond motifs is 1. The summed E-state index contributed by atoms with van der Waals surface area (Å²) in [6.45, 7) is 2.97. The highest BCUT2D eigenvalue weighted by Gasteiger charge is 2.10. The molecule has 1 aromatic heterocycles. The van der Waals surface area contributed by atoms with Crippen molar-refractivity contribution in [3.8, 4) is 16.8 Å². The number of aromatic nitrogens is 2. The predicted molar refractivity (Wildman–Crippen MR) is 120 cm³/mol. The lowest BCUT2D eigenvalue weighted by Gasteiger charge is -2.09. The van der Waals surface area contributed by atoms with Crippen molar-refractivity contribution in [3.05, 3.63) is 78.6 Å². The first-order valence-electron chi connectivity index (χ1n) is 9.84. The monoisotopic (exact) mass is 400 g/mol. The van der Waals surface area contributed by atoms with Gasteiger partial charge in [-0.05, 0) is 54.4 Å². The summed E-state index contributed by atoms with van der Waals surface area (Å²) in [6.07, 6.45) is 0. The number of methoxy groups -OCH3 is 1. The molecule has 3 aromatic carbocycles. The minimum Gasteiger partial charge on any atom is -0.383 e. The molecule has 2 amide bonds. The van der Waals surface area contributed by atoms with Gasteiger partial charge in [-0.1, -0.05) is 36.4 Å². The maximum absolute atomic E-state index is 11.9. The van der Waals surface area contributed by atoms with Gasteiger partial charge in [-0.3, -0.25) is 4.57 Å². The Labute approximate surface area is 175 Å². The number of imidazole rings is 1. The number of amides is 2. The molecule has 4 aromatic rings. The van der Waals surface area contributed by atoms with Gasteiger partial charge in [0.25, 0.3) is 0 Å². The molecule has 0 aliphatic rings. The van der Waals surface area contributed by atoms with Crippen LogP contribution in [0.1, 0.15) is 5.82 Å². The van der Waals surface area contributed by atoms with Gasteiger partial charge in [0, 0.05) is 25.0 Å². The summed E-state index contributed by atoms with van der Waals surface area (Å²) in [5.41, 5.74) is 6.01. The molecule has 0 spiro atoms. The number of carbonyl (C=O) groups excluding carboxylic acids is 1. The van der Waals surface area contributed by atoms with E-state index < -0.39 is 0 Å². The number of benzene rings is 3. The van der Waals surface area contributed by atoms with Crippen LogP contribution in [0, 0.1) is 6.92 Å². The van der Waals surface area contributed by atoms with Gasteiger partial charge < -0.3 is 15.4 Å². The summed E-state index contributed by atoms with van der Waals surface area (Å²) >= 11 is 0. The maximum atomic E-state index is 11.9.